The minimum atomic E-state index is -2.72. The number of rotatable bonds is 4. The van der Waals surface area contributed by atoms with Crippen LogP contribution in [0, 0.1) is 17.2 Å². The first kappa shape index (κ1) is 18.8. The highest BCUT2D eigenvalue weighted by Gasteiger charge is 2.43. The largest absolute Gasteiger partial charge is 0.396 e. The Balaban J connectivity index is 2.13. The van der Waals surface area contributed by atoms with Crippen molar-refractivity contribution in [3.63, 3.8) is 0 Å². The van der Waals surface area contributed by atoms with E-state index in [4.69, 9.17) is 0 Å². The number of carbonyl (C=O) groups excluding carboxylic acids is 1. The lowest BCUT2D eigenvalue weighted by molar-refractivity contribution is -0.128. The SMILES string of the molecule is CC(C)(/C=C(/C#N)C(=O)N1CCC[C@H](CO)C1)N1CCC(F)(F)C1. The Kier molecular flexibility index (Phi) is 5.61. The van der Waals surface area contributed by atoms with Gasteiger partial charge < -0.3 is 10.0 Å². The lowest BCUT2D eigenvalue weighted by Gasteiger charge is -2.34. The molecule has 1 atom stereocenters. The molecule has 0 saturated carbocycles. The van der Waals surface area contributed by atoms with Gasteiger partial charge in [-0.3, -0.25) is 9.69 Å². The minimum absolute atomic E-state index is 0.0176. The maximum absolute atomic E-state index is 13.4. The van der Waals surface area contributed by atoms with E-state index in [1.54, 1.807) is 23.6 Å². The molecule has 5 nitrogen and oxygen atoms in total. The Morgan fingerprint density at radius 1 is 1.46 bits per heavy atom. The second-order valence-electron chi connectivity index (χ2n) is 7.29. The normalized spacial score (nSPS) is 25.6. The van der Waals surface area contributed by atoms with Gasteiger partial charge in [-0.25, -0.2) is 8.78 Å². The summed E-state index contributed by atoms with van der Waals surface area (Å²) in [6, 6.07) is 1.93. The molecule has 0 bridgehead atoms. The first-order valence-electron chi connectivity index (χ1n) is 8.34. The fourth-order valence-electron chi connectivity index (χ4n) is 3.38. The van der Waals surface area contributed by atoms with Crippen molar-refractivity contribution in [3.05, 3.63) is 11.6 Å². The van der Waals surface area contributed by atoms with Crippen LogP contribution in [0.2, 0.25) is 0 Å². The number of hydrogen-bond donors (Lipinski definition) is 1. The first-order valence-corrected chi connectivity index (χ1v) is 8.34. The van der Waals surface area contributed by atoms with Gasteiger partial charge in [0.1, 0.15) is 11.6 Å². The van der Waals surface area contributed by atoms with Crippen LogP contribution in [0.3, 0.4) is 0 Å². The van der Waals surface area contributed by atoms with E-state index in [9.17, 15) is 23.9 Å². The van der Waals surface area contributed by atoms with Crippen LogP contribution < -0.4 is 0 Å². The van der Waals surface area contributed by atoms with Gasteiger partial charge in [0.25, 0.3) is 11.8 Å². The van der Waals surface area contributed by atoms with E-state index in [1.165, 1.54) is 6.08 Å². The number of piperidine rings is 1. The minimum Gasteiger partial charge on any atom is -0.396 e. The van der Waals surface area contributed by atoms with E-state index in [0.29, 0.717) is 13.1 Å². The Morgan fingerprint density at radius 3 is 2.71 bits per heavy atom. The molecule has 0 spiro atoms. The number of aliphatic hydroxyl groups excluding tert-OH is 1. The molecular weight excluding hydrogens is 316 g/mol. The van der Waals surface area contributed by atoms with E-state index in [-0.39, 0.29) is 43.5 Å². The molecular formula is C17H25F2N3O2. The summed E-state index contributed by atoms with van der Waals surface area (Å²) in [4.78, 5) is 15.8. The summed E-state index contributed by atoms with van der Waals surface area (Å²) in [5, 5.41) is 18.6. The smallest absolute Gasteiger partial charge is 0.264 e. The van der Waals surface area contributed by atoms with E-state index in [0.717, 1.165) is 12.8 Å². The predicted molar refractivity (Wildman–Crippen MR) is 85.3 cm³/mol. The van der Waals surface area contributed by atoms with Gasteiger partial charge in [-0.1, -0.05) is 0 Å². The number of hydrogen-bond acceptors (Lipinski definition) is 4. The zero-order valence-electron chi connectivity index (χ0n) is 14.3. The van der Waals surface area contributed by atoms with E-state index < -0.39 is 11.5 Å². The summed E-state index contributed by atoms with van der Waals surface area (Å²) < 4.78 is 26.9. The standard InChI is InChI=1S/C17H25F2N3O2/c1-16(2,22-7-5-17(18,19)12-22)8-14(9-20)15(24)21-6-3-4-13(10-21)11-23/h8,13,23H,3-7,10-12H2,1-2H3/b14-8-/t13-/m0/s1. The van der Waals surface area contributed by atoms with Crippen molar-refractivity contribution < 1.29 is 18.7 Å². The lowest BCUT2D eigenvalue weighted by Crippen LogP contribution is -2.44. The number of aliphatic hydroxyl groups is 1. The molecule has 0 aromatic rings. The van der Waals surface area contributed by atoms with Crippen LogP contribution in [0.4, 0.5) is 8.78 Å². The quantitative estimate of drug-likeness (QED) is 0.625. The van der Waals surface area contributed by atoms with Crippen LogP contribution in [-0.4, -0.2) is 65.1 Å². The number of alkyl halides is 2. The number of nitrogens with zero attached hydrogens (tertiary/aromatic N) is 3. The summed E-state index contributed by atoms with van der Waals surface area (Å²) in [6.45, 7) is 4.35. The maximum atomic E-state index is 13.4. The molecule has 0 unspecified atom stereocenters. The summed E-state index contributed by atoms with van der Waals surface area (Å²) in [5.41, 5.74) is -0.818. The maximum Gasteiger partial charge on any atom is 0.264 e. The van der Waals surface area contributed by atoms with Gasteiger partial charge >= 0.3 is 0 Å². The molecule has 134 valence electrons. The Bertz CT molecular complexity index is 555. The van der Waals surface area contributed by atoms with Crippen LogP contribution >= 0.6 is 0 Å². The Hall–Kier alpha value is -1.52. The number of halogens is 2. The first-order chi connectivity index (χ1) is 11.2. The highest BCUT2D eigenvalue weighted by atomic mass is 19.3. The summed E-state index contributed by atoms with van der Waals surface area (Å²) in [5.74, 6) is -3.06. The van der Waals surface area contributed by atoms with Gasteiger partial charge in [-0.2, -0.15) is 5.26 Å². The van der Waals surface area contributed by atoms with E-state index >= 15 is 0 Å². The van der Waals surface area contributed by atoms with Crippen molar-refractivity contribution in [3.8, 4) is 6.07 Å². The van der Waals surface area contributed by atoms with Crippen LogP contribution in [0.1, 0.15) is 33.1 Å². The monoisotopic (exact) mass is 341 g/mol. The number of carbonyl (C=O) groups is 1. The van der Waals surface area contributed by atoms with E-state index in [2.05, 4.69) is 0 Å². The Labute approximate surface area is 141 Å². The number of likely N-dealkylation sites (tertiary alicyclic amines) is 2. The van der Waals surface area contributed by atoms with E-state index in [1.807, 2.05) is 6.07 Å². The van der Waals surface area contributed by atoms with Crippen LogP contribution in [0.5, 0.6) is 0 Å². The van der Waals surface area contributed by atoms with Crippen molar-refractivity contribution in [2.24, 2.45) is 5.92 Å². The third-order valence-corrected chi connectivity index (χ3v) is 4.90. The third-order valence-electron chi connectivity index (χ3n) is 4.90. The fourth-order valence-corrected chi connectivity index (χ4v) is 3.38. The highest BCUT2D eigenvalue weighted by molar-refractivity contribution is 5.97. The topological polar surface area (TPSA) is 67.6 Å². The van der Waals surface area contributed by atoms with Gasteiger partial charge in [0.15, 0.2) is 0 Å². The van der Waals surface area contributed by atoms with Crippen molar-refractivity contribution in [1.82, 2.24) is 9.80 Å². The van der Waals surface area contributed by atoms with Crippen LogP contribution in [0.25, 0.3) is 0 Å². The third kappa shape index (κ3) is 4.31. The molecule has 2 aliphatic heterocycles. The van der Waals surface area contributed by atoms with Gasteiger partial charge in [0.2, 0.25) is 0 Å². The molecule has 7 heteroatoms. The number of amides is 1. The zero-order valence-corrected chi connectivity index (χ0v) is 14.3. The van der Waals surface area contributed by atoms with Crippen molar-refractivity contribution in [1.29, 1.82) is 5.26 Å². The molecule has 1 amide bonds. The average molecular weight is 341 g/mol. The molecule has 0 aromatic carbocycles. The molecule has 2 heterocycles. The number of nitriles is 1. The molecule has 24 heavy (non-hydrogen) atoms. The summed E-state index contributed by atoms with van der Waals surface area (Å²) >= 11 is 0. The molecule has 0 aromatic heterocycles. The highest BCUT2D eigenvalue weighted by Crippen LogP contribution is 2.33. The Morgan fingerprint density at radius 2 is 2.17 bits per heavy atom. The second kappa shape index (κ2) is 7.16. The second-order valence-corrected chi connectivity index (χ2v) is 7.29. The average Bonchev–Trinajstić information content (AvgIpc) is 2.93. The van der Waals surface area contributed by atoms with Gasteiger partial charge in [0.05, 0.1) is 6.54 Å². The molecule has 2 saturated heterocycles. The summed E-state index contributed by atoms with van der Waals surface area (Å²) in [7, 11) is 0. The van der Waals surface area contributed by atoms with Crippen LogP contribution in [-0.2, 0) is 4.79 Å². The van der Waals surface area contributed by atoms with Crippen molar-refractivity contribution in [2.75, 3.05) is 32.8 Å². The molecule has 0 radical (unpaired) electrons. The molecule has 2 aliphatic rings. The molecule has 0 aliphatic carbocycles. The fraction of sp³-hybridized carbons (Fsp3) is 0.765. The van der Waals surface area contributed by atoms with Gasteiger partial charge in [-0.05, 0) is 38.7 Å². The summed E-state index contributed by atoms with van der Waals surface area (Å²) in [6.07, 6.45) is 2.95. The molecule has 2 rings (SSSR count). The van der Waals surface area contributed by atoms with Gasteiger partial charge in [-0.15, -0.1) is 0 Å². The van der Waals surface area contributed by atoms with Gasteiger partial charge in [0, 0.05) is 38.2 Å². The van der Waals surface area contributed by atoms with Crippen molar-refractivity contribution in [2.45, 2.75) is 44.6 Å². The molecule has 1 N–H and O–H groups in total. The molecule has 2 fully saturated rings. The lowest BCUT2D eigenvalue weighted by atomic mass is 9.96. The zero-order chi connectivity index (χ0) is 18.0. The predicted octanol–water partition coefficient (Wildman–Crippen LogP) is 1.79. The van der Waals surface area contributed by atoms with Crippen molar-refractivity contribution >= 4 is 5.91 Å². The van der Waals surface area contributed by atoms with Crippen LogP contribution in [0.15, 0.2) is 11.6 Å².